The Kier molecular flexibility index (Phi) is 9.65. The molecule has 1 unspecified atom stereocenters. The molecule has 0 fully saturated rings. The zero-order valence-corrected chi connectivity index (χ0v) is 15.9. The average Bonchev–Trinajstić information content (AvgIpc) is 2.55. The van der Waals surface area contributed by atoms with Gasteiger partial charge in [-0.2, -0.15) is 0 Å². The molecule has 0 bridgehead atoms. The van der Waals surface area contributed by atoms with Gasteiger partial charge >= 0.3 is 0 Å². The van der Waals surface area contributed by atoms with Crippen molar-refractivity contribution in [1.29, 1.82) is 0 Å². The molecule has 0 aromatic heterocycles. The van der Waals surface area contributed by atoms with Crippen LogP contribution in [0.1, 0.15) is 33.3 Å². The number of carbonyl (C=O) groups excluding carboxylic acids is 1. The Morgan fingerprint density at radius 3 is 2.38 bits per heavy atom. The summed E-state index contributed by atoms with van der Waals surface area (Å²) < 4.78 is 5.49. The highest BCUT2D eigenvalue weighted by Crippen LogP contribution is 2.19. The van der Waals surface area contributed by atoms with Gasteiger partial charge in [0.1, 0.15) is 0 Å². The van der Waals surface area contributed by atoms with Crippen molar-refractivity contribution in [2.24, 2.45) is 11.8 Å². The lowest BCUT2D eigenvalue weighted by atomic mass is 9.88. The molecule has 0 saturated carbocycles. The van der Waals surface area contributed by atoms with E-state index in [-0.39, 0.29) is 17.9 Å². The summed E-state index contributed by atoms with van der Waals surface area (Å²) in [6, 6.07) is 10.3. The Labute approximate surface area is 147 Å². The number of hydrogen-bond donors (Lipinski definition) is 1. The molecule has 1 aromatic rings. The van der Waals surface area contributed by atoms with Crippen molar-refractivity contribution in [1.82, 2.24) is 10.2 Å². The summed E-state index contributed by atoms with van der Waals surface area (Å²) >= 11 is 0. The van der Waals surface area contributed by atoms with Gasteiger partial charge < -0.3 is 15.0 Å². The number of carbonyl (C=O) groups is 1. The van der Waals surface area contributed by atoms with Crippen LogP contribution in [0.15, 0.2) is 30.3 Å². The van der Waals surface area contributed by atoms with E-state index in [1.165, 1.54) is 5.56 Å². The van der Waals surface area contributed by atoms with Crippen LogP contribution in [0.25, 0.3) is 0 Å². The van der Waals surface area contributed by atoms with Gasteiger partial charge in [0.05, 0.1) is 12.7 Å². The van der Waals surface area contributed by atoms with Crippen molar-refractivity contribution in [2.45, 2.75) is 40.2 Å². The van der Waals surface area contributed by atoms with Crippen LogP contribution in [-0.2, 0) is 16.0 Å². The summed E-state index contributed by atoms with van der Waals surface area (Å²) in [6.45, 7) is 11.4. The van der Waals surface area contributed by atoms with Crippen LogP contribution in [0.5, 0.6) is 0 Å². The Balaban J connectivity index is 2.40. The first kappa shape index (κ1) is 20.7. The normalized spacial score (nSPS) is 12.6. The number of likely N-dealkylation sites (N-methyl/N-ethyl adjacent to an activating group) is 1. The molecule has 0 aliphatic heterocycles. The molecule has 4 nitrogen and oxygen atoms in total. The predicted octanol–water partition coefficient (Wildman–Crippen LogP) is 2.97. The first-order valence-electron chi connectivity index (χ1n) is 9.03. The molecule has 0 spiro atoms. The Morgan fingerprint density at radius 1 is 1.12 bits per heavy atom. The smallest absolute Gasteiger partial charge is 0.226 e. The summed E-state index contributed by atoms with van der Waals surface area (Å²) in [6.07, 6.45) is 1.07. The van der Waals surface area contributed by atoms with Crippen LogP contribution in [-0.4, -0.2) is 50.2 Å². The van der Waals surface area contributed by atoms with Crippen LogP contribution in [0, 0.1) is 11.8 Å². The van der Waals surface area contributed by atoms with Crippen molar-refractivity contribution in [3.8, 4) is 0 Å². The lowest BCUT2D eigenvalue weighted by molar-refractivity contribution is -0.135. The van der Waals surface area contributed by atoms with Gasteiger partial charge in [-0.25, -0.2) is 0 Å². The van der Waals surface area contributed by atoms with Gasteiger partial charge in [-0.1, -0.05) is 44.2 Å². The third-order valence-corrected chi connectivity index (χ3v) is 4.15. The first-order valence-corrected chi connectivity index (χ1v) is 9.03. The van der Waals surface area contributed by atoms with E-state index >= 15 is 0 Å². The number of nitrogens with zero attached hydrogens (tertiary/aromatic N) is 1. The van der Waals surface area contributed by atoms with E-state index in [0.717, 1.165) is 26.1 Å². The maximum Gasteiger partial charge on any atom is 0.226 e. The van der Waals surface area contributed by atoms with Gasteiger partial charge in [-0.15, -0.1) is 0 Å². The van der Waals surface area contributed by atoms with E-state index < -0.39 is 0 Å². The van der Waals surface area contributed by atoms with E-state index in [9.17, 15) is 4.79 Å². The molecular weight excluding hydrogens is 300 g/mol. The molecule has 0 radical (unpaired) electrons. The standard InChI is InChI=1S/C20H34N2O2/c1-16(2)19(15-18-9-7-6-8-10-18)20(23)22(5)13-11-21-12-14-24-17(3)4/h6-10,16-17,19,21H,11-15H2,1-5H3. The summed E-state index contributed by atoms with van der Waals surface area (Å²) in [5.74, 6) is 0.586. The number of ether oxygens (including phenoxy) is 1. The molecule has 1 rings (SSSR count). The Bertz CT molecular complexity index is 460. The summed E-state index contributed by atoms with van der Waals surface area (Å²) in [4.78, 5) is 14.6. The summed E-state index contributed by atoms with van der Waals surface area (Å²) in [5.41, 5.74) is 1.22. The molecule has 24 heavy (non-hydrogen) atoms. The maximum atomic E-state index is 12.8. The van der Waals surface area contributed by atoms with Crippen LogP contribution in [0.4, 0.5) is 0 Å². The highest BCUT2D eigenvalue weighted by atomic mass is 16.5. The Hall–Kier alpha value is -1.39. The molecule has 1 atom stereocenters. The molecule has 0 heterocycles. The van der Waals surface area contributed by atoms with Gasteiger partial charge in [0.2, 0.25) is 5.91 Å². The van der Waals surface area contributed by atoms with Gasteiger partial charge in [-0.3, -0.25) is 4.79 Å². The maximum absolute atomic E-state index is 12.8. The number of rotatable bonds is 11. The third-order valence-electron chi connectivity index (χ3n) is 4.15. The van der Waals surface area contributed by atoms with Gasteiger partial charge in [0.25, 0.3) is 0 Å². The second kappa shape index (κ2) is 11.2. The highest BCUT2D eigenvalue weighted by Gasteiger charge is 2.25. The van der Waals surface area contributed by atoms with Gasteiger partial charge in [-0.05, 0) is 31.7 Å². The van der Waals surface area contributed by atoms with Gasteiger partial charge in [0, 0.05) is 32.6 Å². The fraction of sp³-hybridized carbons (Fsp3) is 0.650. The number of nitrogens with one attached hydrogen (secondary N) is 1. The average molecular weight is 335 g/mol. The highest BCUT2D eigenvalue weighted by molar-refractivity contribution is 5.79. The first-order chi connectivity index (χ1) is 11.4. The van der Waals surface area contributed by atoms with E-state index in [0.29, 0.717) is 12.5 Å². The molecule has 4 heteroatoms. The van der Waals surface area contributed by atoms with E-state index in [4.69, 9.17) is 4.74 Å². The quantitative estimate of drug-likeness (QED) is 0.633. The number of hydrogen-bond acceptors (Lipinski definition) is 3. The Morgan fingerprint density at radius 2 is 1.79 bits per heavy atom. The van der Waals surface area contributed by atoms with Crippen LogP contribution in [0.2, 0.25) is 0 Å². The van der Waals surface area contributed by atoms with E-state index in [2.05, 4.69) is 31.3 Å². The van der Waals surface area contributed by atoms with Crippen LogP contribution >= 0.6 is 0 Å². The fourth-order valence-corrected chi connectivity index (χ4v) is 2.61. The number of benzene rings is 1. The van der Waals surface area contributed by atoms with Gasteiger partial charge in [0.15, 0.2) is 0 Å². The zero-order valence-electron chi connectivity index (χ0n) is 15.9. The largest absolute Gasteiger partial charge is 0.377 e. The topological polar surface area (TPSA) is 41.6 Å². The predicted molar refractivity (Wildman–Crippen MR) is 100 cm³/mol. The SMILES string of the molecule is CC(C)OCCNCCN(C)C(=O)C(Cc1ccccc1)C(C)C. The van der Waals surface area contributed by atoms with Crippen molar-refractivity contribution in [2.75, 3.05) is 33.3 Å². The lowest BCUT2D eigenvalue weighted by Gasteiger charge is -2.26. The fourth-order valence-electron chi connectivity index (χ4n) is 2.61. The van der Waals surface area contributed by atoms with Crippen LogP contribution in [0.3, 0.4) is 0 Å². The molecular formula is C20H34N2O2. The van der Waals surface area contributed by atoms with Crippen LogP contribution < -0.4 is 5.32 Å². The zero-order chi connectivity index (χ0) is 17.9. The van der Waals surface area contributed by atoms with E-state index in [1.807, 2.05) is 44.0 Å². The minimum atomic E-state index is 0.0293. The van der Waals surface area contributed by atoms with Crippen molar-refractivity contribution in [3.63, 3.8) is 0 Å². The van der Waals surface area contributed by atoms with Crippen molar-refractivity contribution >= 4 is 5.91 Å². The monoisotopic (exact) mass is 334 g/mol. The van der Waals surface area contributed by atoms with Crippen molar-refractivity contribution < 1.29 is 9.53 Å². The summed E-state index contributed by atoms with van der Waals surface area (Å²) in [7, 11) is 1.90. The molecule has 1 amide bonds. The van der Waals surface area contributed by atoms with Crippen molar-refractivity contribution in [3.05, 3.63) is 35.9 Å². The number of amides is 1. The second-order valence-corrected chi connectivity index (χ2v) is 6.97. The van der Waals surface area contributed by atoms with E-state index in [1.54, 1.807) is 0 Å². The minimum Gasteiger partial charge on any atom is -0.377 e. The summed E-state index contributed by atoms with van der Waals surface area (Å²) in [5, 5.41) is 3.33. The molecule has 136 valence electrons. The second-order valence-electron chi connectivity index (χ2n) is 6.97. The minimum absolute atomic E-state index is 0.0293. The lowest BCUT2D eigenvalue weighted by Crippen LogP contribution is -2.40. The molecule has 0 aliphatic rings. The molecule has 0 saturated heterocycles. The third kappa shape index (κ3) is 7.93. The molecule has 1 N–H and O–H groups in total. The molecule has 0 aliphatic carbocycles. The molecule has 1 aromatic carbocycles.